The first-order chi connectivity index (χ1) is 10.8. The van der Waals surface area contributed by atoms with Crippen molar-refractivity contribution >= 4 is 11.9 Å². The zero-order valence-electron chi connectivity index (χ0n) is 14.2. The molecule has 2 saturated heterocycles. The Hall–Kier alpha value is -2.05. The molecule has 1 N–H and O–H groups in total. The van der Waals surface area contributed by atoms with Gasteiger partial charge in [0, 0.05) is 37.8 Å². The van der Waals surface area contributed by atoms with Crippen molar-refractivity contribution in [3.05, 3.63) is 17.5 Å². The van der Waals surface area contributed by atoms with E-state index in [0.29, 0.717) is 26.1 Å². The molecule has 0 aromatic carbocycles. The number of amides is 3. The summed E-state index contributed by atoms with van der Waals surface area (Å²) < 4.78 is 2.00. The van der Waals surface area contributed by atoms with E-state index in [1.807, 2.05) is 43.3 Å². The van der Waals surface area contributed by atoms with Gasteiger partial charge in [0.2, 0.25) is 5.91 Å². The van der Waals surface area contributed by atoms with Crippen molar-refractivity contribution in [3.63, 3.8) is 0 Å². The largest absolute Gasteiger partial charge is 0.338 e. The van der Waals surface area contributed by atoms with Crippen molar-refractivity contribution in [2.75, 3.05) is 19.6 Å². The van der Waals surface area contributed by atoms with Gasteiger partial charge in [-0.15, -0.1) is 0 Å². The van der Waals surface area contributed by atoms with E-state index in [1.165, 1.54) is 0 Å². The maximum absolute atomic E-state index is 12.3. The maximum Gasteiger partial charge on any atom is 0.317 e. The van der Waals surface area contributed by atoms with Gasteiger partial charge in [0.1, 0.15) is 0 Å². The molecule has 2 aliphatic rings. The van der Waals surface area contributed by atoms with Crippen LogP contribution in [0.25, 0.3) is 0 Å². The van der Waals surface area contributed by atoms with Crippen LogP contribution in [0.1, 0.15) is 37.7 Å². The fourth-order valence-electron chi connectivity index (χ4n) is 3.38. The topological polar surface area (TPSA) is 70.5 Å². The van der Waals surface area contributed by atoms with Crippen LogP contribution >= 0.6 is 0 Å². The summed E-state index contributed by atoms with van der Waals surface area (Å²) in [6, 6.07) is 2.33. The Balaban J connectivity index is 1.50. The number of nitrogens with zero attached hydrogens (tertiary/aromatic N) is 4. The normalized spacial score (nSPS) is 22.0. The highest BCUT2D eigenvalue weighted by molar-refractivity contribution is 5.82. The van der Waals surface area contributed by atoms with Gasteiger partial charge in [-0.05, 0) is 33.8 Å². The third-order valence-electron chi connectivity index (χ3n) is 4.65. The summed E-state index contributed by atoms with van der Waals surface area (Å²) in [7, 11) is 0. The van der Waals surface area contributed by atoms with Crippen LogP contribution in [0, 0.1) is 13.8 Å². The highest BCUT2D eigenvalue weighted by Crippen LogP contribution is 2.23. The number of rotatable bonds is 3. The first kappa shape index (κ1) is 15.8. The molecular weight excluding hydrogens is 294 g/mol. The van der Waals surface area contributed by atoms with Gasteiger partial charge in [-0.3, -0.25) is 9.48 Å². The van der Waals surface area contributed by atoms with Crippen molar-refractivity contribution in [2.45, 2.75) is 52.2 Å². The molecule has 2 fully saturated rings. The second-order valence-electron chi connectivity index (χ2n) is 6.92. The maximum atomic E-state index is 12.3. The minimum atomic E-state index is -0.0786. The molecule has 2 aliphatic heterocycles. The summed E-state index contributed by atoms with van der Waals surface area (Å²) in [6.07, 6.45) is 0.401. The zero-order valence-corrected chi connectivity index (χ0v) is 14.2. The molecule has 1 aromatic rings. The molecule has 1 atom stereocenters. The Kier molecular flexibility index (Phi) is 4.04. The Labute approximate surface area is 136 Å². The average Bonchev–Trinajstić information content (AvgIpc) is 2.91. The standard InChI is InChI=1S/C16H25N5O2/c1-10(2)20-7-13(6-15(20)22)17-16(23)19-8-14(9-19)21-12(4)5-11(3)18-21/h5,10,13-14H,6-9H2,1-4H3,(H,17,23)/t13-/m0/s1. The van der Waals surface area contributed by atoms with Gasteiger partial charge in [0.05, 0.1) is 17.8 Å². The fraction of sp³-hybridized carbons (Fsp3) is 0.688. The molecule has 3 heterocycles. The zero-order chi connectivity index (χ0) is 16.7. The molecule has 3 amide bonds. The number of urea groups is 1. The second-order valence-corrected chi connectivity index (χ2v) is 6.92. The molecule has 0 radical (unpaired) electrons. The second kappa shape index (κ2) is 5.86. The molecule has 0 spiro atoms. The minimum Gasteiger partial charge on any atom is -0.338 e. The summed E-state index contributed by atoms with van der Waals surface area (Å²) >= 11 is 0. The van der Waals surface area contributed by atoms with Gasteiger partial charge < -0.3 is 15.1 Å². The van der Waals surface area contributed by atoms with E-state index in [-0.39, 0.29) is 30.1 Å². The van der Waals surface area contributed by atoms with Crippen molar-refractivity contribution in [1.29, 1.82) is 0 Å². The number of aromatic nitrogens is 2. The number of nitrogens with one attached hydrogen (secondary N) is 1. The van der Waals surface area contributed by atoms with Crippen LogP contribution in [-0.4, -0.2) is 63.2 Å². The highest BCUT2D eigenvalue weighted by Gasteiger charge is 2.37. The van der Waals surface area contributed by atoms with Crippen LogP contribution in [0.4, 0.5) is 4.79 Å². The molecule has 3 rings (SSSR count). The van der Waals surface area contributed by atoms with Gasteiger partial charge in [-0.1, -0.05) is 0 Å². The van der Waals surface area contributed by atoms with Crippen molar-refractivity contribution in [1.82, 2.24) is 24.9 Å². The number of hydrogen-bond acceptors (Lipinski definition) is 3. The predicted molar refractivity (Wildman–Crippen MR) is 86.1 cm³/mol. The summed E-state index contributed by atoms with van der Waals surface area (Å²) in [5.74, 6) is 0.120. The molecule has 23 heavy (non-hydrogen) atoms. The highest BCUT2D eigenvalue weighted by atomic mass is 16.2. The first-order valence-corrected chi connectivity index (χ1v) is 8.23. The van der Waals surface area contributed by atoms with Gasteiger partial charge >= 0.3 is 6.03 Å². The SMILES string of the molecule is Cc1cc(C)n(C2CN(C(=O)N[C@H]3CC(=O)N(C(C)C)C3)C2)n1. The Morgan fingerprint density at radius 1 is 1.30 bits per heavy atom. The van der Waals surface area contributed by atoms with Crippen molar-refractivity contribution in [3.8, 4) is 0 Å². The fourth-order valence-corrected chi connectivity index (χ4v) is 3.38. The van der Waals surface area contributed by atoms with E-state index in [4.69, 9.17) is 0 Å². The lowest BCUT2D eigenvalue weighted by Gasteiger charge is -2.40. The predicted octanol–water partition coefficient (Wildman–Crippen LogP) is 1.08. The number of aryl methyl sites for hydroxylation is 2. The number of likely N-dealkylation sites (tertiary alicyclic amines) is 2. The first-order valence-electron chi connectivity index (χ1n) is 8.23. The smallest absolute Gasteiger partial charge is 0.317 e. The molecule has 7 heteroatoms. The molecule has 0 saturated carbocycles. The Morgan fingerprint density at radius 2 is 2.00 bits per heavy atom. The molecule has 0 aliphatic carbocycles. The van der Waals surface area contributed by atoms with Gasteiger partial charge in [-0.25, -0.2) is 4.79 Å². The number of carbonyl (C=O) groups is 2. The van der Waals surface area contributed by atoms with Crippen LogP contribution < -0.4 is 5.32 Å². The Bertz CT molecular complexity index is 618. The van der Waals surface area contributed by atoms with E-state index in [0.717, 1.165) is 11.4 Å². The van der Waals surface area contributed by atoms with Crippen LogP contribution in [0.15, 0.2) is 6.07 Å². The molecule has 0 bridgehead atoms. The van der Waals surface area contributed by atoms with Crippen LogP contribution in [0.5, 0.6) is 0 Å². The van der Waals surface area contributed by atoms with E-state index in [2.05, 4.69) is 10.4 Å². The summed E-state index contributed by atoms with van der Waals surface area (Å²) in [4.78, 5) is 27.8. The van der Waals surface area contributed by atoms with E-state index >= 15 is 0 Å². The van der Waals surface area contributed by atoms with Gasteiger partial charge in [0.15, 0.2) is 0 Å². The number of carbonyl (C=O) groups excluding carboxylic acids is 2. The monoisotopic (exact) mass is 319 g/mol. The van der Waals surface area contributed by atoms with E-state index < -0.39 is 0 Å². The lowest BCUT2D eigenvalue weighted by molar-refractivity contribution is -0.129. The van der Waals surface area contributed by atoms with E-state index in [9.17, 15) is 9.59 Å². The average molecular weight is 319 g/mol. The molecule has 7 nitrogen and oxygen atoms in total. The van der Waals surface area contributed by atoms with Crippen molar-refractivity contribution in [2.24, 2.45) is 0 Å². The van der Waals surface area contributed by atoms with Crippen LogP contribution in [-0.2, 0) is 4.79 Å². The van der Waals surface area contributed by atoms with Gasteiger partial charge in [-0.2, -0.15) is 5.10 Å². The van der Waals surface area contributed by atoms with E-state index in [1.54, 1.807) is 4.90 Å². The van der Waals surface area contributed by atoms with Gasteiger partial charge in [0.25, 0.3) is 0 Å². The summed E-state index contributed by atoms with van der Waals surface area (Å²) in [6.45, 7) is 9.95. The lowest BCUT2D eigenvalue weighted by Crippen LogP contribution is -2.56. The Morgan fingerprint density at radius 3 is 2.52 bits per heavy atom. The van der Waals surface area contributed by atoms with Crippen LogP contribution in [0.3, 0.4) is 0 Å². The molecule has 0 unspecified atom stereocenters. The minimum absolute atomic E-state index is 0.0776. The quantitative estimate of drug-likeness (QED) is 0.906. The van der Waals surface area contributed by atoms with Crippen LogP contribution in [0.2, 0.25) is 0 Å². The van der Waals surface area contributed by atoms with Crippen molar-refractivity contribution < 1.29 is 9.59 Å². The molecule has 126 valence electrons. The lowest BCUT2D eigenvalue weighted by atomic mass is 10.1. The summed E-state index contributed by atoms with van der Waals surface area (Å²) in [5, 5.41) is 7.46. The molecular formula is C16H25N5O2. The number of hydrogen-bond donors (Lipinski definition) is 1. The molecule has 1 aromatic heterocycles. The third-order valence-corrected chi connectivity index (χ3v) is 4.65. The summed E-state index contributed by atoms with van der Waals surface area (Å²) in [5.41, 5.74) is 2.13. The third kappa shape index (κ3) is 3.04.